The lowest BCUT2D eigenvalue weighted by atomic mass is 10.4. The zero-order valence-corrected chi connectivity index (χ0v) is 8.18. The molecule has 1 aliphatic rings. The molecule has 15 heavy (non-hydrogen) atoms. The first-order valence-electron chi connectivity index (χ1n) is 4.82. The summed E-state index contributed by atoms with van der Waals surface area (Å²) in [6, 6.07) is 0. The molecule has 1 aromatic rings. The number of nitrogens with one attached hydrogen (secondary N) is 1. The Morgan fingerprint density at radius 2 is 2.13 bits per heavy atom. The van der Waals surface area contributed by atoms with E-state index < -0.39 is 5.91 Å². The summed E-state index contributed by atoms with van der Waals surface area (Å²) in [6.45, 7) is 1.89. The zero-order chi connectivity index (χ0) is 10.7. The summed E-state index contributed by atoms with van der Waals surface area (Å²) in [7, 11) is 0. The highest BCUT2D eigenvalue weighted by atomic mass is 16.5. The minimum atomic E-state index is -0.636. The van der Waals surface area contributed by atoms with Crippen molar-refractivity contribution in [3.05, 3.63) is 18.1 Å². The van der Waals surface area contributed by atoms with Crippen LogP contribution in [-0.4, -0.2) is 34.2 Å². The van der Waals surface area contributed by atoms with E-state index in [0.717, 1.165) is 25.9 Å². The maximum Gasteiger partial charge on any atom is 0.294 e. The van der Waals surface area contributed by atoms with Gasteiger partial charge in [-0.15, -0.1) is 0 Å². The smallest absolute Gasteiger partial charge is 0.294 e. The van der Waals surface area contributed by atoms with Crippen LogP contribution in [0.3, 0.4) is 0 Å². The largest absolute Gasteiger partial charge is 0.355 e. The lowest BCUT2D eigenvalue weighted by molar-refractivity contribution is 0.0700. The Bertz CT molecular complexity index is 363. The topological polar surface area (TPSA) is 78.3 Å². The Kier molecular flexibility index (Phi) is 2.77. The third kappa shape index (κ3) is 2.04. The fourth-order valence-electron chi connectivity index (χ4n) is 1.62. The highest BCUT2D eigenvalue weighted by molar-refractivity contribution is 5.91. The van der Waals surface area contributed by atoms with Gasteiger partial charge in [-0.2, -0.15) is 0 Å². The molecule has 0 aliphatic carbocycles. The van der Waals surface area contributed by atoms with Crippen molar-refractivity contribution in [2.75, 3.05) is 18.0 Å². The van der Waals surface area contributed by atoms with Gasteiger partial charge in [0.15, 0.2) is 5.69 Å². The standard InChI is InChI=1S/C9H12N4O2/c14-9(12-15)7-5-10-6-8(11-7)13-3-1-2-4-13/h5-6,15H,1-4H2,(H,12,14). The molecule has 0 aromatic carbocycles. The first kappa shape index (κ1) is 9.85. The van der Waals surface area contributed by atoms with Crippen molar-refractivity contribution in [3.8, 4) is 0 Å². The summed E-state index contributed by atoms with van der Waals surface area (Å²) >= 11 is 0. The van der Waals surface area contributed by atoms with Crippen molar-refractivity contribution >= 4 is 11.7 Å². The number of aromatic nitrogens is 2. The SMILES string of the molecule is O=C(NO)c1cncc(N2CCCC2)n1. The number of nitrogens with zero attached hydrogens (tertiary/aromatic N) is 3. The van der Waals surface area contributed by atoms with Gasteiger partial charge in [0, 0.05) is 13.1 Å². The van der Waals surface area contributed by atoms with Gasteiger partial charge in [-0.3, -0.25) is 15.0 Å². The summed E-state index contributed by atoms with van der Waals surface area (Å²) in [4.78, 5) is 21.2. The number of hydrogen-bond donors (Lipinski definition) is 2. The predicted molar refractivity (Wildman–Crippen MR) is 52.7 cm³/mol. The van der Waals surface area contributed by atoms with Crippen LogP contribution in [0.2, 0.25) is 0 Å². The van der Waals surface area contributed by atoms with E-state index in [2.05, 4.69) is 14.9 Å². The van der Waals surface area contributed by atoms with Crippen molar-refractivity contribution in [2.45, 2.75) is 12.8 Å². The third-order valence-electron chi connectivity index (χ3n) is 2.39. The number of rotatable bonds is 2. The van der Waals surface area contributed by atoms with Crippen LogP contribution in [-0.2, 0) is 0 Å². The molecular weight excluding hydrogens is 196 g/mol. The van der Waals surface area contributed by atoms with Gasteiger partial charge in [0.1, 0.15) is 5.82 Å². The van der Waals surface area contributed by atoms with E-state index in [1.807, 2.05) is 0 Å². The number of hydrogen-bond acceptors (Lipinski definition) is 5. The predicted octanol–water partition coefficient (Wildman–Crippen LogP) is 0.196. The minimum Gasteiger partial charge on any atom is -0.355 e. The van der Waals surface area contributed by atoms with E-state index in [1.165, 1.54) is 11.7 Å². The van der Waals surface area contributed by atoms with Crippen LogP contribution in [0.5, 0.6) is 0 Å². The van der Waals surface area contributed by atoms with Crippen LogP contribution in [0, 0.1) is 0 Å². The monoisotopic (exact) mass is 208 g/mol. The van der Waals surface area contributed by atoms with E-state index in [-0.39, 0.29) is 5.69 Å². The van der Waals surface area contributed by atoms with Gasteiger partial charge in [-0.1, -0.05) is 0 Å². The van der Waals surface area contributed by atoms with Gasteiger partial charge < -0.3 is 4.90 Å². The number of amides is 1. The Labute approximate surface area is 86.9 Å². The summed E-state index contributed by atoms with van der Waals surface area (Å²) in [6.07, 6.45) is 5.22. The van der Waals surface area contributed by atoms with Crippen LogP contribution in [0.1, 0.15) is 23.3 Å². The summed E-state index contributed by atoms with van der Waals surface area (Å²) in [5, 5.41) is 8.46. The quantitative estimate of drug-likeness (QED) is 0.536. The fourth-order valence-corrected chi connectivity index (χ4v) is 1.62. The van der Waals surface area contributed by atoms with Crippen LogP contribution in [0.4, 0.5) is 5.82 Å². The van der Waals surface area contributed by atoms with Gasteiger partial charge >= 0.3 is 0 Å². The molecule has 1 aliphatic heterocycles. The average molecular weight is 208 g/mol. The number of hydroxylamine groups is 1. The van der Waals surface area contributed by atoms with E-state index >= 15 is 0 Å². The molecule has 0 atom stereocenters. The van der Waals surface area contributed by atoms with Gasteiger partial charge in [0.05, 0.1) is 12.4 Å². The molecule has 1 saturated heterocycles. The first-order chi connectivity index (χ1) is 7.31. The summed E-state index contributed by atoms with van der Waals surface area (Å²) < 4.78 is 0. The van der Waals surface area contributed by atoms with Gasteiger partial charge in [0.2, 0.25) is 0 Å². The highest BCUT2D eigenvalue weighted by Crippen LogP contribution is 2.16. The van der Waals surface area contributed by atoms with E-state index in [4.69, 9.17) is 5.21 Å². The zero-order valence-electron chi connectivity index (χ0n) is 8.18. The molecule has 80 valence electrons. The van der Waals surface area contributed by atoms with Crippen LogP contribution < -0.4 is 10.4 Å². The fraction of sp³-hybridized carbons (Fsp3) is 0.444. The number of anilines is 1. The third-order valence-corrected chi connectivity index (χ3v) is 2.39. The molecule has 2 heterocycles. The second-order valence-corrected chi connectivity index (χ2v) is 3.40. The Balaban J connectivity index is 2.21. The molecule has 2 N–H and O–H groups in total. The molecular formula is C9H12N4O2. The molecule has 6 heteroatoms. The molecule has 0 spiro atoms. The van der Waals surface area contributed by atoms with Gasteiger partial charge in [-0.05, 0) is 12.8 Å². The van der Waals surface area contributed by atoms with Crippen LogP contribution in [0.15, 0.2) is 12.4 Å². The van der Waals surface area contributed by atoms with Crippen LogP contribution in [0.25, 0.3) is 0 Å². The molecule has 1 fully saturated rings. The molecule has 1 aromatic heterocycles. The Morgan fingerprint density at radius 3 is 2.80 bits per heavy atom. The van der Waals surface area contributed by atoms with Gasteiger partial charge in [0.25, 0.3) is 5.91 Å². The number of carbonyl (C=O) groups excluding carboxylic acids is 1. The lowest BCUT2D eigenvalue weighted by Gasteiger charge is -2.15. The molecule has 0 radical (unpaired) electrons. The minimum absolute atomic E-state index is 0.127. The Hall–Kier alpha value is -1.69. The lowest BCUT2D eigenvalue weighted by Crippen LogP contribution is -2.23. The molecule has 6 nitrogen and oxygen atoms in total. The molecule has 1 amide bonds. The normalized spacial score (nSPS) is 15.4. The molecule has 0 bridgehead atoms. The molecule has 0 unspecified atom stereocenters. The average Bonchev–Trinajstić information content (AvgIpc) is 2.82. The van der Waals surface area contributed by atoms with Crippen LogP contribution >= 0.6 is 0 Å². The molecule has 2 rings (SSSR count). The van der Waals surface area contributed by atoms with E-state index in [0.29, 0.717) is 5.82 Å². The second kappa shape index (κ2) is 4.22. The van der Waals surface area contributed by atoms with E-state index in [1.54, 1.807) is 6.20 Å². The van der Waals surface area contributed by atoms with Crippen molar-refractivity contribution in [2.24, 2.45) is 0 Å². The Morgan fingerprint density at radius 1 is 1.40 bits per heavy atom. The van der Waals surface area contributed by atoms with Crippen molar-refractivity contribution in [1.29, 1.82) is 0 Å². The second-order valence-electron chi connectivity index (χ2n) is 3.40. The molecule has 0 saturated carbocycles. The highest BCUT2D eigenvalue weighted by Gasteiger charge is 2.15. The summed E-state index contributed by atoms with van der Waals surface area (Å²) in [5.74, 6) is 0.0529. The maximum absolute atomic E-state index is 11.1. The van der Waals surface area contributed by atoms with Gasteiger partial charge in [-0.25, -0.2) is 10.5 Å². The first-order valence-corrected chi connectivity index (χ1v) is 4.82. The van der Waals surface area contributed by atoms with Crippen molar-refractivity contribution in [3.63, 3.8) is 0 Å². The summed E-state index contributed by atoms with van der Waals surface area (Å²) in [5.41, 5.74) is 1.67. The number of carbonyl (C=O) groups is 1. The van der Waals surface area contributed by atoms with Crippen molar-refractivity contribution < 1.29 is 10.0 Å². The maximum atomic E-state index is 11.1. The van der Waals surface area contributed by atoms with Crippen molar-refractivity contribution in [1.82, 2.24) is 15.4 Å². The van der Waals surface area contributed by atoms with E-state index in [9.17, 15) is 4.79 Å².